The first-order valence-electron chi connectivity index (χ1n) is 7.09. The predicted octanol–water partition coefficient (Wildman–Crippen LogP) is 2.98. The SMILES string of the molecule is Cc1sc2nc(CNCC(C)C(C)C)[nH]c(=O)c2c1C. The standard InChI is InChI=1S/C15H23N3OS/c1-8(2)9(3)6-16-7-12-17-14(19)13-10(4)11(5)20-15(13)18-12/h8-9,16H,6-7H2,1-5H3,(H,17,18,19). The summed E-state index contributed by atoms with van der Waals surface area (Å²) in [4.78, 5) is 21.6. The Hall–Kier alpha value is -1.20. The highest BCUT2D eigenvalue weighted by molar-refractivity contribution is 7.18. The van der Waals surface area contributed by atoms with Gasteiger partial charge in [0, 0.05) is 4.88 Å². The molecule has 0 aliphatic heterocycles. The zero-order valence-electron chi connectivity index (χ0n) is 12.8. The molecule has 1 atom stereocenters. The van der Waals surface area contributed by atoms with E-state index in [1.54, 1.807) is 11.3 Å². The van der Waals surface area contributed by atoms with Crippen molar-refractivity contribution in [3.63, 3.8) is 0 Å². The van der Waals surface area contributed by atoms with Crippen LogP contribution in [-0.2, 0) is 6.54 Å². The minimum atomic E-state index is -0.0226. The minimum Gasteiger partial charge on any atom is -0.310 e. The molecule has 0 saturated carbocycles. The average Bonchev–Trinajstić information content (AvgIpc) is 2.65. The maximum Gasteiger partial charge on any atom is 0.259 e. The number of thiophene rings is 1. The molecule has 0 spiro atoms. The van der Waals surface area contributed by atoms with Crippen LogP contribution in [0.2, 0.25) is 0 Å². The topological polar surface area (TPSA) is 57.8 Å². The number of aryl methyl sites for hydroxylation is 2. The molecule has 4 nitrogen and oxygen atoms in total. The van der Waals surface area contributed by atoms with Gasteiger partial charge in [0.25, 0.3) is 5.56 Å². The molecule has 110 valence electrons. The third-order valence-electron chi connectivity index (χ3n) is 3.98. The fourth-order valence-electron chi connectivity index (χ4n) is 2.04. The first-order chi connectivity index (χ1) is 9.40. The molecule has 0 aliphatic rings. The van der Waals surface area contributed by atoms with Gasteiger partial charge < -0.3 is 10.3 Å². The molecule has 2 aromatic heterocycles. The molecular formula is C15H23N3OS. The van der Waals surface area contributed by atoms with E-state index < -0.39 is 0 Å². The van der Waals surface area contributed by atoms with Crippen LogP contribution in [0.3, 0.4) is 0 Å². The van der Waals surface area contributed by atoms with E-state index in [4.69, 9.17) is 0 Å². The second-order valence-electron chi connectivity index (χ2n) is 5.83. The Morgan fingerprint density at radius 2 is 2.00 bits per heavy atom. The van der Waals surface area contributed by atoms with E-state index in [1.807, 2.05) is 13.8 Å². The lowest BCUT2D eigenvalue weighted by atomic mass is 9.98. The lowest BCUT2D eigenvalue weighted by Crippen LogP contribution is -2.25. The van der Waals surface area contributed by atoms with Crippen molar-refractivity contribution >= 4 is 21.6 Å². The van der Waals surface area contributed by atoms with Gasteiger partial charge in [0.15, 0.2) is 0 Å². The fourth-order valence-corrected chi connectivity index (χ4v) is 3.09. The number of rotatable bonds is 5. The van der Waals surface area contributed by atoms with E-state index in [-0.39, 0.29) is 5.56 Å². The number of hydrogen-bond acceptors (Lipinski definition) is 4. The van der Waals surface area contributed by atoms with Gasteiger partial charge in [-0.3, -0.25) is 4.79 Å². The highest BCUT2D eigenvalue weighted by atomic mass is 32.1. The monoisotopic (exact) mass is 293 g/mol. The molecule has 20 heavy (non-hydrogen) atoms. The third kappa shape index (κ3) is 3.10. The van der Waals surface area contributed by atoms with Gasteiger partial charge in [-0.1, -0.05) is 20.8 Å². The Bertz CT molecular complexity index is 657. The number of aromatic amines is 1. The molecule has 2 heterocycles. The quantitative estimate of drug-likeness (QED) is 0.891. The molecule has 0 radical (unpaired) electrons. The third-order valence-corrected chi connectivity index (χ3v) is 5.09. The van der Waals surface area contributed by atoms with Crippen molar-refractivity contribution in [3.05, 3.63) is 26.6 Å². The van der Waals surface area contributed by atoms with Gasteiger partial charge in [0.05, 0.1) is 11.9 Å². The lowest BCUT2D eigenvalue weighted by Gasteiger charge is -2.15. The van der Waals surface area contributed by atoms with Crippen molar-refractivity contribution in [2.24, 2.45) is 11.8 Å². The van der Waals surface area contributed by atoms with E-state index in [0.29, 0.717) is 18.4 Å². The molecule has 0 saturated heterocycles. The number of nitrogens with zero attached hydrogens (tertiary/aromatic N) is 1. The summed E-state index contributed by atoms with van der Waals surface area (Å²) in [5.41, 5.74) is 1.03. The van der Waals surface area contributed by atoms with E-state index >= 15 is 0 Å². The number of nitrogens with one attached hydrogen (secondary N) is 2. The van der Waals surface area contributed by atoms with Crippen LogP contribution in [0.15, 0.2) is 4.79 Å². The molecule has 0 fully saturated rings. The van der Waals surface area contributed by atoms with Crippen LogP contribution in [0.5, 0.6) is 0 Å². The van der Waals surface area contributed by atoms with E-state index in [1.165, 1.54) is 0 Å². The number of H-pyrrole nitrogens is 1. The predicted molar refractivity (Wildman–Crippen MR) is 85.4 cm³/mol. The molecule has 0 aliphatic carbocycles. The Labute approximate surface area is 123 Å². The van der Waals surface area contributed by atoms with E-state index in [9.17, 15) is 4.79 Å². The summed E-state index contributed by atoms with van der Waals surface area (Å²) < 4.78 is 0. The summed E-state index contributed by atoms with van der Waals surface area (Å²) in [5, 5.41) is 4.11. The number of hydrogen-bond donors (Lipinski definition) is 2. The maximum atomic E-state index is 12.1. The molecule has 0 bridgehead atoms. The van der Waals surface area contributed by atoms with Gasteiger partial charge in [0.1, 0.15) is 10.7 Å². The smallest absolute Gasteiger partial charge is 0.259 e. The van der Waals surface area contributed by atoms with Crippen molar-refractivity contribution in [1.29, 1.82) is 0 Å². The number of fused-ring (bicyclic) bond motifs is 1. The van der Waals surface area contributed by atoms with Crippen molar-refractivity contribution < 1.29 is 0 Å². The second kappa shape index (κ2) is 6.06. The number of aromatic nitrogens is 2. The van der Waals surface area contributed by atoms with Crippen molar-refractivity contribution in [2.45, 2.75) is 41.2 Å². The van der Waals surface area contributed by atoms with E-state index in [0.717, 1.165) is 33.0 Å². The highest BCUT2D eigenvalue weighted by Crippen LogP contribution is 2.25. The van der Waals surface area contributed by atoms with Gasteiger partial charge in [0.2, 0.25) is 0 Å². The van der Waals surface area contributed by atoms with Crippen LogP contribution in [0, 0.1) is 25.7 Å². The van der Waals surface area contributed by atoms with Crippen LogP contribution in [0.25, 0.3) is 10.2 Å². The largest absolute Gasteiger partial charge is 0.310 e. The summed E-state index contributed by atoms with van der Waals surface area (Å²) in [7, 11) is 0. The normalized spacial score (nSPS) is 13.3. The van der Waals surface area contributed by atoms with Crippen LogP contribution in [0.1, 0.15) is 37.0 Å². The summed E-state index contributed by atoms with van der Waals surface area (Å²) in [6.07, 6.45) is 0. The highest BCUT2D eigenvalue weighted by Gasteiger charge is 2.12. The first-order valence-corrected chi connectivity index (χ1v) is 7.91. The van der Waals surface area contributed by atoms with Crippen LogP contribution in [-0.4, -0.2) is 16.5 Å². The minimum absolute atomic E-state index is 0.0226. The molecule has 0 amide bonds. The molecule has 0 aromatic carbocycles. The second-order valence-corrected chi connectivity index (χ2v) is 7.03. The van der Waals surface area contributed by atoms with Crippen LogP contribution < -0.4 is 10.9 Å². The van der Waals surface area contributed by atoms with Crippen LogP contribution in [0.4, 0.5) is 0 Å². The Morgan fingerprint density at radius 1 is 1.30 bits per heavy atom. The molecule has 1 unspecified atom stereocenters. The van der Waals surface area contributed by atoms with E-state index in [2.05, 4.69) is 36.1 Å². The van der Waals surface area contributed by atoms with Gasteiger partial charge in [-0.05, 0) is 37.8 Å². The summed E-state index contributed by atoms with van der Waals surface area (Å²) >= 11 is 1.59. The van der Waals surface area contributed by atoms with Crippen LogP contribution >= 0.6 is 11.3 Å². The summed E-state index contributed by atoms with van der Waals surface area (Å²) in [6.45, 7) is 12.2. The Morgan fingerprint density at radius 3 is 2.65 bits per heavy atom. The Kier molecular flexibility index (Phi) is 4.60. The average molecular weight is 293 g/mol. The molecular weight excluding hydrogens is 270 g/mol. The van der Waals surface area contributed by atoms with Gasteiger partial charge >= 0.3 is 0 Å². The summed E-state index contributed by atoms with van der Waals surface area (Å²) in [5.74, 6) is 1.98. The molecule has 2 N–H and O–H groups in total. The van der Waals surface area contributed by atoms with Crippen molar-refractivity contribution in [3.8, 4) is 0 Å². The van der Waals surface area contributed by atoms with Crippen molar-refractivity contribution in [2.75, 3.05) is 6.54 Å². The molecule has 5 heteroatoms. The van der Waals surface area contributed by atoms with Gasteiger partial charge in [-0.2, -0.15) is 0 Å². The summed E-state index contributed by atoms with van der Waals surface area (Å²) in [6, 6.07) is 0. The van der Waals surface area contributed by atoms with Crippen molar-refractivity contribution in [1.82, 2.24) is 15.3 Å². The lowest BCUT2D eigenvalue weighted by molar-refractivity contribution is 0.390. The molecule has 2 rings (SSSR count). The van der Waals surface area contributed by atoms with Gasteiger partial charge in [-0.25, -0.2) is 4.98 Å². The zero-order chi connectivity index (χ0) is 14.9. The maximum absolute atomic E-state index is 12.1. The van der Waals surface area contributed by atoms with Gasteiger partial charge in [-0.15, -0.1) is 11.3 Å². The Balaban J connectivity index is 2.14. The first kappa shape index (κ1) is 15.2. The zero-order valence-corrected chi connectivity index (χ0v) is 13.6. The fraction of sp³-hybridized carbons (Fsp3) is 0.600. The molecule has 2 aromatic rings.